The van der Waals surface area contributed by atoms with E-state index in [-0.39, 0.29) is 12.0 Å². The summed E-state index contributed by atoms with van der Waals surface area (Å²) in [5.74, 6) is 0.262. The van der Waals surface area contributed by atoms with Crippen molar-refractivity contribution in [2.75, 3.05) is 6.61 Å². The van der Waals surface area contributed by atoms with Crippen LogP contribution in [-0.4, -0.2) is 18.6 Å². The quantitative estimate of drug-likeness (QED) is 0.640. The summed E-state index contributed by atoms with van der Waals surface area (Å²) >= 11 is 0. The molecule has 3 nitrogen and oxygen atoms in total. The Kier molecular flexibility index (Phi) is 6.02. The summed E-state index contributed by atoms with van der Waals surface area (Å²) in [7, 11) is 0. The van der Waals surface area contributed by atoms with Crippen molar-refractivity contribution in [3.8, 4) is 0 Å². The number of ether oxygens (including phenoxy) is 1. The molecule has 76 valence electrons. The summed E-state index contributed by atoms with van der Waals surface area (Å²) in [4.78, 5) is 11.3. The smallest absolute Gasteiger partial charge is 0.328 e. The number of hydrogen-bond donors (Lipinski definition) is 1. The molecule has 0 fully saturated rings. The van der Waals surface area contributed by atoms with Crippen molar-refractivity contribution in [1.82, 2.24) is 5.32 Å². The van der Waals surface area contributed by atoms with Crippen LogP contribution in [0.5, 0.6) is 0 Å². The van der Waals surface area contributed by atoms with Gasteiger partial charge in [-0.1, -0.05) is 20.4 Å². The summed E-state index contributed by atoms with van der Waals surface area (Å²) < 4.78 is 4.91. The van der Waals surface area contributed by atoms with Crippen LogP contribution >= 0.6 is 0 Å². The molecule has 0 aromatic heterocycles. The molecular weight excluding hydrogens is 166 g/mol. The van der Waals surface area contributed by atoms with E-state index in [4.69, 9.17) is 4.74 Å². The minimum absolute atomic E-state index is 0.198. The lowest BCUT2D eigenvalue weighted by Crippen LogP contribution is -2.35. The van der Waals surface area contributed by atoms with Crippen LogP contribution in [0.2, 0.25) is 0 Å². The van der Waals surface area contributed by atoms with E-state index in [1.165, 1.54) is 6.20 Å². The average molecular weight is 185 g/mol. The van der Waals surface area contributed by atoms with Gasteiger partial charge >= 0.3 is 5.97 Å². The molecule has 3 heteroatoms. The van der Waals surface area contributed by atoms with E-state index in [1.54, 1.807) is 6.92 Å². The molecule has 0 heterocycles. The molecule has 1 atom stereocenters. The normalized spacial score (nSPS) is 12.3. The topological polar surface area (TPSA) is 38.3 Å². The van der Waals surface area contributed by atoms with Crippen molar-refractivity contribution < 1.29 is 9.53 Å². The zero-order chi connectivity index (χ0) is 10.3. The summed E-state index contributed by atoms with van der Waals surface area (Å²) in [6, 6.07) is -0.252. The SMILES string of the molecule is C=CNC(CC(C)C)C(=O)OCC. The lowest BCUT2D eigenvalue weighted by atomic mass is 10.0. The molecule has 1 unspecified atom stereocenters. The first-order valence-electron chi connectivity index (χ1n) is 4.65. The Bertz CT molecular complexity index is 166. The predicted molar refractivity (Wildman–Crippen MR) is 53.2 cm³/mol. The molecule has 0 radical (unpaired) electrons. The van der Waals surface area contributed by atoms with Gasteiger partial charge in [-0.2, -0.15) is 0 Å². The summed E-state index contributed by atoms with van der Waals surface area (Å²) in [6.07, 6.45) is 2.30. The molecule has 13 heavy (non-hydrogen) atoms. The van der Waals surface area contributed by atoms with Gasteiger partial charge in [0, 0.05) is 0 Å². The molecule has 0 saturated heterocycles. The fourth-order valence-electron chi connectivity index (χ4n) is 1.09. The number of rotatable bonds is 6. The first-order valence-corrected chi connectivity index (χ1v) is 4.65. The second kappa shape index (κ2) is 6.52. The van der Waals surface area contributed by atoms with E-state index in [9.17, 15) is 4.79 Å². The van der Waals surface area contributed by atoms with E-state index >= 15 is 0 Å². The molecule has 0 aromatic rings. The van der Waals surface area contributed by atoms with Gasteiger partial charge in [0.15, 0.2) is 0 Å². The number of esters is 1. The van der Waals surface area contributed by atoms with Crippen LogP contribution in [0.25, 0.3) is 0 Å². The molecule has 0 amide bonds. The molecule has 0 aliphatic rings. The highest BCUT2D eigenvalue weighted by Gasteiger charge is 2.18. The van der Waals surface area contributed by atoms with Crippen LogP contribution in [0.4, 0.5) is 0 Å². The molecule has 0 aliphatic heterocycles. The molecule has 0 aliphatic carbocycles. The Hall–Kier alpha value is -0.990. The minimum Gasteiger partial charge on any atom is -0.464 e. The van der Waals surface area contributed by atoms with Crippen molar-refractivity contribution in [2.45, 2.75) is 33.2 Å². The fraction of sp³-hybridized carbons (Fsp3) is 0.700. The average Bonchev–Trinajstić information content (AvgIpc) is 2.03. The highest BCUT2D eigenvalue weighted by atomic mass is 16.5. The van der Waals surface area contributed by atoms with E-state index in [0.717, 1.165) is 6.42 Å². The molecule has 0 spiro atoms. The summed E-state index contributed by atoms with van der Waals surface area (Å²) in [5.41, 5.74) is 0. The van der Waals surface area contributed by atoms with Crippen molar-refractivity contribution in [1.29, 1.82) is 0 Å². The monoisotopic (exact) mass is 185 g/mol. The van der Waals surface area contributed by atoms with Crippen LogP contribution in [0.1, 0.15) is 27.2 Å². The Labute approximate surface area is 80.2 Å². The van der Waals surface area contributed by atoms with Gasteiger partial charge in [0.1, 0.15) is 6.04 Å². The zero-order valence-electron chi connectivity index (χ0n) is 8.67. The van der Waals surface area contributed by atoms with Crippen LogP contribution in [0, 0.1) is 5.92 Å². The standard InChI is InChI=1S/C10H19NO2/c1-5-11-9(7-8(3)4)10(12)13-6-2/h5,8-9,11H,1,6-7H2,2-4H3. The van der Waals surface area contributed by atoms with Crippen molar-refractivity contribution >= 4 is 5.97 Å². The molecule has 1 N–H and O–H groups in total. The largest absolute Gasteiger partial charge is 0.464 e. The van der Waals surface area contributed by atoms with Crippen LogP contribution in [0.3, 0.4) is 0 Å². The Morgan fingerprint density at radius 2 is 2.23 bits per heavy atom. The van der Waals surface area contributed by atoms with Crippen LogP contribution in [0.15, 0.2) is 12.8 Å². The van der Waals surface area contributed by atoms with Crippen LogP contribution < -0.4 is 5.32 Å². The Morgan fingerprint density at radius 1 is 1.62 bits per heavy atom. The number of carbonyl (C=O) groups excluding carboxylic acids is 1. The van der Waals surface area contributed by atoms with Gasteiger partial charge in [-0.15, -0.1) is 0 Å². The third kappa shape index (κ3) is 5.28. The minimum atomic E-state index is -0.252. The Balaban J connectivity index is 4.05. The molecule has 0 aromatic carbocycles. The third-order valence-corrected chi connectivity index (χ3v) is 1.60. The maximum atomic E-state index is 11.3. The third-order valence-electron chi connectivity index (χ3n) is 1.60. The number of hydrogen-bond acceptors (Lipinski definition) is 3. The molecule has 0 bridgehead atoms. The summed E-state index contributed by atoms with van der Waals surface area (Å²) in [5, 5.41) is 2.89. The predicted octanol–water partition coefficient (Wildman–Crippen LogP) is 1.70. The van der Waals surface area contributed by atoms with Gasteiger partial charge < -0.3 is 10.1 Å². The van der Waals surface area contributed by atoms with Crippen molar-refractivity contribution in [3.05, 3.63) is 12.8 Å². The molecular formula is C10H19NO2. The lowest BCUT2D eigenvalue weighted by Gasteiger charge is -2.17. The molecule has 0 saturated carbocycles. The van der Waals surface area contributed by atoms with E-state index in [1.807, 2.05) is 0 Å². The molecule has 0 rings (SSSR count). The highest BCUT2D eigenvalue weighted by molar-refractivity contribution is 5.75. The van der Waals surface area contributed by atoms with E-state index < -0.39 is 0 Å². The van der Waals surface area contributed by atoms with Gasteiger partial charge in [-0.25, -0.2) is 4.79 Å². The van der Waals surface area contributed by atoms with Crippen molar-refractivity contribution in [3.63, 3.8) is 0 Å². The van der Waals surface area contributed by atoms with Gasteiger partial charge in [0.25, 0.3) is 0 Å². The number of carbonyl (C=O) groups is 1. The van der Waals surface area contributed by atoms with Gasteiger partial charge in [-0.3, -0.25) is 0 Å². The fourth-order valence-corrected chi connectivity index (χ4v) is 1.09. The van der Waals surface area contributed by atoms with Gasteiger partial charge in [0.05, 0.1) is 6.61 Å². The second-order valence-electron chi connectivity index (χ2n) is 3.30. The van der Waals surface area contributed by atoms with E-state index in [0.29, 0.717) is 12.5 Å². The van der Waals surface area contributed by atoms with Crippen molar-refractivity contribution in [2.24, 2.45) is 5.92 Å². The Morgan fingerprint density at radius 3 is 2.62 bits per heavy atom. The lowest BCUT2D eigenvalue weighted by molar-refractivity contribution is -0.145. The summed E-state index contributed by atoms with van der Waals surface area (Å²) in [6.45, 7) is 9.89. The van der Waals surface area contributed by atoms with Gasteiger partial charge in [-0.05, 0) is 25.5 Å². The van der Waals surface area contributed by atoms with Crippen LogP contribution in [-0.2, 0) is 9.53 Å². The second-order valence-corrected chi connectivity index (χ2v) is 3.30. The van der Waals surface area contributed by atoms with Gasteiger partial charge in [0.2, 0.25) is 0 Å². The van der Waals surface area contributed by atoms with E-state index in [2.05, 4.69) is 25.7 Å². The first-order chi connectivity index (χ1) is 6.11. The highest BCUT2D eigenvalue weighted by Crippen LogP contribution is 2.06. The maximum Gasteiger partial charge on any atom is 0.328 e. The maximum absolute atomic E-state index is 11.3. The zero-order valence-corrected chi connectivity index (χ0v) is 8.67. The number of nitrogens with one attached hydrogen (secondary N) is 1. The first kappa shape index (κ1) is 12.0.